The van der Waals surface area contributed by atoms with Crippen LogP contribution in [0.15, 0.2) is 68.0 Å². The van der Waals surface area contributed by atoms with Crippen LogP contribution in [0.5, 0.6) is 0 Å². The highest BCUT2D eigenvalue weighted by molar-refractivity contribution is 9.11. The van der Waals surface area contributed by atoms with Crippen LogP contribution in [0.1, 0.15) is 0 Å². The van der Waals surface area contributed by atoms with Crippen LogP contribution in [0.2, 0.25) is 0 Å². The van der Waals surface area contributed by atoms with Gasteiger partial charge in [0.05, 0.1) is 4.47 Å². The summed E-state index contributed by atoms with van der Waals surface area (Å²) in [6.07, 6.45) is 0. The highest BCUT2D eigenvalue weighted by Crippen LogP contribution is 2.47. The maximum absolute atomic E-state index is 11.6. The average molecular weight is 447 g/mol. The van der Waals surface area contributed by atoms with E-state index in [1.54, 1.807) is 0 Å². The Morgan fingerprint density at radius 3 is 2.42 bits per heavy atom. The summed E-state index contributed by atoms with van der Waals surface area (Å²) in [4.78, 5) is 11.1. The van der Waals surface area contributed by atoms with Crippen molar-refractivity contribution in [3.8, 4) is 11.1 Å². The van der Waals surface area contributed by atoms with Crippen molar-refractivity contribution < 1.29 is 9.34 Å². The summed E-state index contributed by atoms with van der Waals surface area (Å²) in [7, 11) is 0. The van der Waals surface area contributed by atoms with Gasteiger partial charge in [0.15, 0.2) is 5.58 Å². The van der Waals surface area contributed by atoms with Crippen molar-refractivity contribution in [2.24, 2.45) is 0 Å². The Labute approximate surface area is 153 Å². The van der Waals surface area contributed by atoms with Gasteiger partial charge >= 0.3 is 5.88 Å². The van der Waals surface area contributed by atoms with Crippen molar-refractivity contribution in [1.29, 1.82) is 0 Å². The van der Waals surface area contributed by atoms with Gasteiger partial charge in [0.2, 0.25) is 0 Å². The third kappa shape index (κ3) is 2.25. The molecule has 1 aromatic heterocycles. The molecule has 4 nitrogen and oxygen atoms in total. The van der Waals surface area contributed by atoms with Gasteiger partial charge in [-0.25, -0.2) is 0 Å². The zero-order chi connectivity index (χ0) is 16.8. The molecule has 0 saturated heterocycles. The SMILES string of the molecule is O=[N+]([O-])c1oc2c(Br)cc3ccccc3c2c1-c1ccccc1Br. The van der Waals surface area contributed by atoms with Crippen LogP contribution >= 0.6 is 31.9 Å². The molecule has 6 heteroatoms. The Bertz CT molecular complexity index is 1120. The summed E-state index contributed by atoms with van der Waals surface area (Å²) in [6, 6.07) is 17.1. The van der Waals surface area contributed by atoms with E-state index in [9.17, 15) is 10.1 Å². The smallest absolute Gasteiger partial charge is 0.399 e. The fraction of sp³-hybridized carbons (Fsp3) is 0. The van der Waals surface area contributed by atoms with E-state index in [2.05, 4.69) is 31.9 Å². The maximum atomic E-state index is 11.6. The third-order valence-electron chi connectivity index (χ3n) is 3.93. The van der Waals surface area contributed by atoms with Gasteiger partial charge in [-0.2, -0.15) is 0 Å². The molecule has 24 heavy (non-hydrogen) atoms. The molecule has 0 aliphatic heterocycles. The Morgan fingerprint density at radius 2 is 1.67 bits per heavy atom. The number of nitrogens with zero attached hydrogens (tertiary/aromatic N) is 1. The van der Waals surface area contributed by atoms with Crippen molar-refractivity contribution in [2.75, 3.05) is 0 Å². The van der Waals surface area contributed by atoms with Crippen molar-refractivity contribution >= 4 is 59.5 Å². The number of benzene rings is 3. The van der Waals surface area contributed by atoms with Gasteiger partial charge in [-0.1, -0.05) is 58.4 Å². The van der Waals surface area contributed by atoms with Crippen LogP contribution < -0.4 is 0 Å². The molecule has 118 valence electrons. The van der Waals surface area contributed by atoms with Gasteiger partial charge in [-0.15, -0.1) is 0 Å². The molecule has 1 heterocycles. The monoisotopic (exact) mass is 445 g/mol. The second kappa shape index (κ2) is 5.72. The summed E-state index contributed by atoms with van der Waals surface area (Å²) >= 11 is 6.97. The topological polar surface area (TPSA) is 56.3 Å². The first kappa shape index (κ1) is 15.4. The molecule has 3 aromatic carbocycles. The van der Waals surface area contributed by atoms with Crippen LogP contribution in [0.4, 0.5) is 5.88 Å². The van der Waals surface area contributed by atoms with E-state index in [0.29, 0.717) is 15.6 Å². The number of hydrogen-bond donors (Lipinski definition) is 0. The first-order valence-electron chi connectivity index (χ1n) is 7.11. The van der Waals surface area contributed by atoms with Crippen LogP contribution in [0.3, 0.4) is 0 Å². The Hall–Kier alpha value is -2.18. The van der Waals surface area contributed by atoms with Crippen LogP contribution in [0, 0.1) is 10.1 Å². The molecule has 4 aromatic rings. The second-order valence-electron chi connectivity index (χ2n) is 5.30. The highest BCUT2D eigenvalue weighted by atomic mass is 79.9. The van der Waals surface area contributed by atoms with E-state index in [4.69, 9.17) is 4.42 Å². The number of furan rings is 1. The number of hydrogen-bond acceptors (Lipinski definition) is 3. The first-order chi connectivity index (χ1) is 11.6. The van der Waals surface area contributed by atoms with Gasteiger partial charge in [0.25, 0.3) is 0 Å². The maximum Gasteiger partial charge on any atom is 0.442 e. The quantitative estimate of drug-likeness (QED) is 0.254. The standard InChI is InChI=1S/C18H9Br2NO3/c19-13-8-4-3-7-12(13)16-15-11-6-2-1-5-10(11)9-14(20)17(15)24-18(16)21(22)23/h1-9H. The molecule has 0 spiro atoms. The molecule has 0 atom stereocenters. The van der Waals surface area contributed by atoms with Crippen molar-refractivity contribution in [3.05, 3.63) is 73.7 Å². The Morgan fingerprint density at radius 1 is 0.958 bits per heavy atom. The van der Waals surface area contributed by atoms with Gasteiger partial charge < -0.3 is 4.42 Å². The molecule has 0 radical (unpaired) electrons. The molecule has 0 unspecified atom stereocenters. The van der Waals surface area contributed by atoms with Gasteiger partial charge in [0, 0.05) is 15.4 Å². The van der Waals surface area contributed by atoms with E-state index in [-0.39, 0.29) is 5.88 Å². The van der Waals surface area contributed by atoms with E-state index in [1.807, 2.05) is 54.6 Å². The summed E-state index contributed by atoms with van der Waals surface area (Å²) in [5.74, 6) is -0.256. The minimum Gasteiger partial charge on any atom is -0.399 e. The summed E-state index contributed by atoms with van der Waals surface area (Å²) in [6.45, 7) is 0. The van der Waals surface area contributed by atoms with Crippen LogP contribution in [0.25, 0.3) is 32.9 Å². The van der Waals surface area contributed by atoms with Gasteiger partial charge in [-0.3, -0.25) is 10.1 Å². The van der Waals surface area contributed by atoms with E-state index < -0.39 is 4.92 Å². The molecule has 0 aliphatic rings. The molecule has 0 fully saturated rings. The first-order valence-corrected chi connectivity index (χ1v) is 8.69. The molecule has 0 bridgehead atoms. The Balaban J connectivity index is 2.28. The number of nitro groups is 1. The zero-order valence-electron chi connectivity index (χ0n) is 12.1. The van der Waals surface area contributed by atoms with Gasteiger partial charge in [0.1, 0.15) is 10.5 Å². The average Bonchev–Trinajstić information content (AvgIpc) is 2.97. The van der Waals surface area contributed by atoms with E-state index >= 15 is 0 Å². The zero-order valence-corrected chi connectivity index (χ0v) is 15.3. The molecule has 4 rings (SSSR count). The van der Waals surface area contributed by atoms with Gasteiger partial charge in [-0.05, 0) is 38.8 Å². The fourth-order valence-corrected chi connectivity index (χ4v) is 3.95. The molecule has 0 N–H and O–H groups in total. The lowest BCUT2D eigenvalue weighted by Gasteiger charge is -2.05. The lowest BCUT2D eigenvalue weighted by molar-refractivity contribution is -0.400. The largest absolute Gasteiger partial charge is 0.442 e. The lowest BCUT2D eigenvalue weighted by Crippen LogP contribution is -1.89. The predicted molar refractivity (Wildman–Crippen MR) is 101 cm³/mol. The normalized spacial score (nSPS) is 11.2. The minimum atomic E-state index is -0.476. The fourth-order valence-electron chi connectivity index (χ4n) is 2.94. The molecular weight excluding hydrogens is 438 g/mol. The lowest BCUT2D eigenvalue weighted by atomic mass is 9.99. The number of fused-ring (bicyclic) bond motifs is 3. The molecule has 0 saturated carbocycles. The van der Waals surface area contributed by atoms with Crippen LogP contribution in [-0.2, 0) is 0 Å². The van der Waals surface area contributed by atoms with E-state index in [0.717, 1.165) is 26.2 Å². The predicted octanol–water partition coefficient (Wildman–Crippen LogP) is 6.69. The highest BCUT2D eigenvalue weighted by Gasteiger charge is 2.29. The van der Waals surface area contributed by atoms with Crippen molar-refractivity contribution in [3.63, 3.8) is 0 Å². The van der Waals surface area contributed by atoms with Crippen LogP contribution in [-0.4, -0.2) is 4.92 Å². The third-order valence-corrected chi connectivity index (χ3v) is 5.21. The minimum absolute atomic E-state index is 0.256. The van der Waals surface area contributed by atoms with Crippen molar-refractivity contribution in [2.45, 2.75) is 0 Å². The summed E-state index contributed by atoms with van der Waals surface area (Å²) < 4.78 is 7.11. The van der Waals surface area contributed by atoms with Crippen molar-refractivity contribution in [1.82, 2.24) is 0 Å². The Kier molecular flexibility index (Phi) is 3.66. The number of halogens is 2. The molecular formula is C18H9Br2NO3. The summed E-state index contributed by atoms with van der Waals surface area (Å²) in [5, 5.41) is 14.2. The van der Waals surface area contributed by atoms with E-state index in [1.165, 1.54) is 0 Å². The molecule has 0 amide bonds. The summed E-state index contributed by atoms with van der Waals surface area (Å²) in [5.41, 5.74) is 1.69. The number of rotatable bonds is 2. The second-order valence-corrected chi connectivity index (χ2v) is 7.01. The molecule has 0 aliphatic carbocycles.